The number of carboxylic acid groups (broad SMARTS) is 1. The van der Waals surface area contributed by atoms with Gasteiger partial charge in [0.1, 0.15) is 11.6 Å². The van der Waals surface area contributed by atoms with E-state index in [0.29, 0.717) is 17.4 Å². The molecule has 0 unspecified atom stereocenters. The molecule has 0 aliphatic carbocycles. The highest BCUT2D eigenvalue weighted by atomic mass is 32.2. The Bertz CT molecular complexity index is 618. The Morgan fingerprint density at radius 1 is 1.29 bits per heavy atom. The summed E-state index contributed by atoms with van der Waals surface area (Å²) in [6, 6.07) is 11.5. The summed E-state index contributed by atoms with van der Waals surface area (Å²) in [5, 5.41) is 12.2. The highest BCUT2D eigenvalue weighted by Gasteiger charge is 2.11. The van der Waals surface area contributed by atoms with Crippen LogP contribution in [0.1, 0.15) is 30.2 Å². The molecule has 1 aromatic carbocycles. The Labute approximate surface area is 127 Å². The van der Waals surface area contributed by atoms with Crippen molar-refractivity contribution in [3.63, 3.8) is 0 Å². The molecule has 0 saturated heterocycles. The van der Waals surface area contributed by atoms with Gasteiger partial charge in [-0.2, -0.15) is 0 Å². The number of nitrogens with zero attached hydrogens (tertiary/aromatic N) is 2. The summed E-state index contributed by atoms with van der Waals surface area (Å²) in [5.74, 6) is 0.529. The van der Waals surface area contributed by atoms with Gasteiger partial charge < -0.3 is 10.4 Å². The van der Waals surface area contributed by atoms with Gasteiger partial charge in [0.15, 0.2) is 5.69 Å². The molecule has 0 fully saturated rings. The number of aromatic nitrogens is 2. The standard InChI is InChI=1S/C15H17N3O2S/c1-10(2)16-13-8-12(15(19)20)17-14(18-13)9-21-11-6-4-3-5-7-11/h3-8,10H,9H2,1-2H3,(H,19,20)(H,16,17,18). The molecule has 0 amide bonds. The van der Waals surface area contributed by atoms with Crippen LogP contribution in [0.5, 0.6) is 0 Å². The number of anilines is 1. The van der Waals surface area contributed by atoms with E-state index in [-0.39, 0.29) is 11.7 Å². The second kappa shape index (κ2) is 7.08. The summed E-state index contributed by atoms with van der Waals surface area (Å²) in [7, 11) is 0. The van der Waals surface area contributed by atoms with Gasteiger partial charge in [0.2, 0.25) is 0 Å². The van der Waals surface area contributed by atoms with Crippen molar-refractivity contribution in [1.82, 2.24) is 9.97 Å². The molecule has 110 valence electrons. The third-order valence-corrected chi connectivity index (χ3v) is 3.55. The molecule has 0 atom stereocenters. The Morgan fingerprint density at radius 2 is 2.00 bits per heavy atom. The van der Waals surface area contributed by atoms with Gasteiger partial charge in [-0.25, -0.2) is 14.8 Å². The molecule has 5 nitrogen and oxygen atoms in total. The van der Waals surface area contributed by atoms with Crippen LogP contribution >= 0.6 is 11.8 Å². The van der Waals surface area contributed by atoms with Crippen molar-refractivity contribution < 1.29 is 9.90 Å². The van der Waals surface area contributed by atoms with Gasteiger partial charge in [0.25, 0.3) is 0 Å². The zero-order valence-corrected chi connectivity index (χ0v) is 12.7. The lowest BCUT2D eigenvalue weighted by atomic mass is 10.3. The molecular weight excluding hydrogens is 286 g/mol. The molecule has 1 heterocycles. The monoisotopic (exact) mass is 303 g/mol. The number of nitrogens with one attached hydrogen (secondary N) is 1. The molecule has 0 aliphatic heterocycles. The summed E-state index contributed by atoms with van der Waals surface area (Å²) in [5.41, 5.74) is 0.0109. The second-order valence-electron chi connectivity index (χ2n) is 4.76. The van der Waals surface area contributed by atoms with E-state index in [4.69, 9.17) is 5.11 Å². The average molecular weight is 303 g/mol. The van der Waals surface area contributed by atoms with E-state index < -0.39 is 5.97 Å². The quantitative estimate of drug-likeness (QED) is 0.798. The van der Waals surface area contributed by atoms with Gasteiger partial charge in [-0.15, -0.1) is 11.8 Å². The maximum absolute atomic E-state index is 11.1. The van der Waals surface area contributed by atoms with E-state index in [2.05, 4.69) is 15.3 Å². The van der Waals surface area contributed by atoms with Crippen LogP contribution in [0.15, 0.2) is 41.3 Å². The van der Waals surface area contributed by atoms with E-state index in [1.807, 2.05) is 44.2 Å². The van der Waals surface area contributed by atoms with Gasteiger partial charge in [0.05, 0.1) is 5.75 Å². The lowest BCUT2D eigenvalue weighted by molar-refractivity contribution is 0.0690. The van der Waals surface area contributed by atoms with Gasteiger partial charge in [-0.3, -0.25) is 0 Å². The minimum Gasteiger partial charge on any atom is -0.477 e. The Morgan fingerprint density at radius 3 is 2.62 bits per heavy atom. The number of aromatic carboxylic acids is 1. The topological polar surface area (TPSA) is 75.1 Å². The SMILES string of the molecule is CC(C)Nc1cc(C(=O)O)nc(CSc2ccccc2)n1. The third kappa shape index (κ3) is 4.75. The first-order valence-electron chi connectivity index (χ1n) is 6.60. The first-order valence-corrected chi connectivity index (χ1v) is 7.59. The van der Waals surface area contributed by atoms with Crippen molar-refractivity contribution in [3.05, 3.63) is 47.9 Å². The van der Waals surface area contributed by atoms with Crippen LogP contribution in [0.3, 0.4) is 0 Å². The second-order valence-corrected chi connectivity index (χ2v) is 5.81. The van der Waals surface area contributed by atoms with E-state index >= 15 is 0 Å². The summed E-state index contributed by atoms with van der Waals surface area (Å²) in [6.45, 7) is 3.95. The van der Waals surface area contributed by atoms with Gasteiger partial charge in [0, 0.05) is 17.0 Å². The number of carbonyl (C=O) groups is 1. The smallest absolute Gasteiger partial charge is 0.354 e. The van der Waals surface area contributed by atoms with Crippen LogP contribution < -0.4 is 5.32 Å². The molecule has 0 saturated carbocycles. The summed E-state index contributed by atoms with van der Waals surface area (Å²) < 4.78 is 0. The average Bonchev–Trinajstić information content (AvgIpc) is 2.45. The minimum absolute atomic E-state index is 0.0109. The van der Waals surface area contributed by atoms with Crippen LogP contribution in [-0.2, 0) is 5.75 Å². The molecular formula is C15H17N3O2S. The summed E-state index contributed by atoms with van der Waals surface area (Å²) in [6.07, 6.45) is 0. The van der Waals surface area contributed by atoms with Crippen molar-refractivity contribution in [2.24, 2.45) is 0 Å². The van der Waals surface area contributed by atoms with Crippen LogP contribution in [0, 0.1) is 0 Å². The molecule has 0 bridgehead atoms. The van der Waals surface area contributed by atoms with Crippen LogP contribution in [-0.4, -0.2) is 27.1 Å². The predicted molar refractivity (Wildman–Crippen MR) is 83.8 cm³/mol. The van der Waals surface area contributed by atoms with Crippen LogP contribution in [0.2, 0.25) is 0 Å². The largest absolute Gasteiger partial charge is 0.477 e. The van der Waals surface area contributed by atoms with Gasteiger partial charge in [-0.1, -0.05) is 18.2 Å². The molecule has 21 heavy (non-hydrogen) atoms. The molecule has 1 aromatic heterocycles. The fraction of sp³-hybridized carbons (Fsp3) is 0.267. The number of hydrogen-bond acceptors (Lipinski definition) is 5. The number of hydrogen-bond donors (Lipinski definition) is 2. The van der Waals surface area contributed by atoms with Crippen molar-refractivity contribution in [2.45, 2.75) is 30.5 Å². The number of rotatable bonds is 6. The van der Waals surface area contributed by atoms with Crippen LogP contribution in [0.4, 0.5) is 5.82 Å². The highest BCUT2D eigenvalue weighted by molar-refractivity contribution is 7.98. The van der Waals surface area contributed by atoms with Gasteiger partial charge >= 0.3 is 5.97 Å². The Hall–Kier alpha value is -2.08. The molecule has 0 aliphatic rings. The molecule has 0 spiro atoms. The summed E-state index contributed by atoms with van der Waals surface area (Å²) >= 11 is 1.58. The van der Waals surface area contributed by atoms with Crippen molar-refractivity contribution in [2.75, 3.05) is 5.32 Å². The van der Waals surface area contributed by atoms with Crippen LogP contribution in [0.25, 0.3) is 0 Å². The molecule has 2 rings (SSSR count). The highest BCUT2D eigenvalue weighted by Crippen LogP contribution is 2.21. The maximum Gasteiger partial charge on any atom is 0.354 e. The molecule has 6 heteroatoms. The third-order valence-electron chi connectivity index (χ3n) is 2.54. The number of thioether (sulfide) groups is 1. The first-order chi connectivity index (χ1) is 10.0. The van der Waals surface area contributed by atoms with E-state index in [1.165, 1.54) is 6.07 Å². The van der Waals surface area contributed by atoms with E-state index in [0.717, 1.165) is 4.90 Å². The first kappa shape index (κ1) is 15.3. The van der Waals surface area contributed by atoms with Crippen molar-refractivity contribution in [1.29, 1.82) is 0 Å². The molecule has 2 N–H and O–H groups in total. The Kier molecular flexibility index (Phi) is 5.16. The fourth-order valence-corrected chi connectivity index (χ4v) is 2.48. The minimum atomic E-state index is -1.05. The van der Waals surface area contributed by atoms with Crippen molar-refractivity contribution >= 4 is 23.5 Å². The normalized spacial score (nSPS) is 10.6. The predicted octanol–water partition coefficient (Wildman–Crippen LogP) is 3.29. The van der Waals surface area contributed by atoms with Gasteiger partial charge in [-0.05, 0) is 26.0 Å². The molecule has 2 aromatic rings. The van der Waals surface area contributed by atoms with E-state index in [9.17, 15) is 4.79 Å². The fourth-order valence-electron chi connectivity index (χ4n) is 1.71. The summed E-state index contributed by atoms with van der Waals surface area (Å²) in [4.78, 5) is 20.7. The maximum atomic E-state index is 11.1. The number of benzene rings is 1. The lowest BCUT2D eigenvalue weighted by Crippen LogP contribution is -2.14. The number of carboxylic acids is 1. The molecule has 0 radical (unpaired) electrons. The lowest BCUT2D eigenvalue weighted by Gasteiger charge is -2.11. The van der Waals surface area contributed by atoms with E-state index in [1.54, 1.807) is 11.8 Å². The zero-order valence-electron chi connectivity index (χ0n) is 11.9. The Balaban J connectivity index is 2.17. The zero-order chi connectivity index (χ0) is 15.2. The van der Waals surface area contributed by atoms with Crippen molar-refractivity contribution in [3.8, 4) is 0 Å².